The molecule has 2 aromatic rings. The molecule has 3 rings (SSSR count). The van der Waals surface area contributed by atoms with Crippen LogP contribution in [0.15, 0.2) is 24.3 Å². The second-order valence-electron chi connectivity index (χ2n) is 6.46. The van der Waals surface area contributed by atoms with E-state index in [0.717, 1.165) is 30.0 Å². The van der Waals surface area contributed by atoms with Crippen molar-refractivity contribution < 1.29 is 23.7 Å². The molecule has 0 saturated carbocycles. The summed E-state index contributed by atoms with van der Waals surface area (Å²) < 4.78 is 28.2. The molecule has 0 aromatic heterocycles. The lowest BCUT2D eigenvalue weighted by Gasteiger charge is -2.29. The molecule has 0 unspecified atom stereocenters. The van der Waals surface area contributed by atoms with Gasteiger partial charge in [0.15, 0.2) is 23.0 Å². The quantitative estimate of drug-likeness (QED) is 0.745. The van der Waals surface area contributed by atoms with Gasteiger partial charge in [-0.1, -0.05) is 0 Å². The molecule has 0 amide bonds. The smallest absolute Gasteiger partial charge is 0.203 e. The van der Waals surface area contributed by atoms with Crippen LogP contribution < -0.4 is 29.0 Å². The van der Waals surface area contributed by atoms with E-state index in [1.165, 1.54) is 11.1 Å². The van der Waals surface area contributed by atoms with Crippen LogP contribution in [0.1, 0.15) is 36.6 Å². The van der Waals surface area contributed by atoms with Gasteiger partial charge >= 0.3 is 0 Å². The highest BCUT2D eigenvalue weighted by atomic mass is 16.5. The fourth-order valence-corrected chi connectivity index (χ4v) is 3.67. The van der Waals surface area contributed by atoms with Crippen LogP contribution in [0, 0.1) is 0 Å². The van der Waals surface area contributed by atoms with Gasteiger partial charge in [-0.15, -0.1) is 0 Å². The Morgan fingerprint density at radius 3 is 1.96 bits per heavy atom. The van der Waals surface area contributed by atoms with E-state index < -0.39 is 0 Å². The van der Waals surface area contributed by atoms with Crippen molar-refractivity contribution in [3.8, 4) is 28.7 Å². The Bertz CT molecular complexity index is 796. The Morgan fingerprint density at radius 2 is 1.43 bits per heavy atom. The Labute approximate surface area is 166 Å². The number of fused-ring (bicyclic) bond motifs is 1. The first-order valence-corrected chi connectivity index (χ1v) is 9.62. The van der Waals surface area contributed by atoms with Crippen molar-refractivity contribution in [2.45, 2.75) is 26.3 Å². The highest BCUT2D eigenvalue weighted by Gasteiger charge is 2.26. The molecule has 1 aliphatic rings. The molecule has 0 fully saturated rings. The van der Waals surface area contributed by atoms with Crippen LogP contribution in [0.5, 0.6) is 28.7 Å². The van der Waals surface area contributed by atoms with Crippen molar-refractivity contribution in [3.63, 3.8) is 0 Å². The molecule has 0 bridgehead atoms. The summed E-state index contributed by atoms with van der Waals surface area (Å²) in [6.45, 7) is 6.02. The van der Waals surface area contributed by atoms with E-state index in [2.05, 4.69) is 17.4 Å². The molecule has 2 aromatic carbocycles. The molecule has 6 nitrogen and oxygen atoms in total. The van der Waals surface area contributed by atoms with Crippen LogP contribution in [0.3, 0.4) is 0 Å². The van der Waals surface area contributed by atoms with E-state index >= 15 is 0 Å². The zero-order valence-electron chi connectivity index (χ0n) is 17.3. The van der Waals surface area contributed by atoms with Gasteiger partial charge in [0.05, 0.1) is 40.6 Å². The van der Waals surface area contributed by atoms with E-state index in [0.29, 0.717) is 30.5 Å². The summed E-state index contributed by atoms with van der Waals surface area (Å²) in [5.74, 6) is 3.44. The maximum absolute atomic E-state index is 5.84. The van der Waals surface area contributed by atoms with Gasteiger partial charge in [-0.2, -0.15) is 0 Å². The lowest BCUT2D eigenvalue weighted by Crippen LogP contribution is -2.30. The van der Waals surface area contributed by atoms with Gasteiger partial charge < -0.3 is 29.0 Å². The second kappa shape index (κ2) is 9.06. The summed E-state index contributed by atoms with van der Waals surface area (Å²) >= 11 is 0. The van der Waals surface area contributed by atoms with Gasteiger partial charge in [0.1, 0.15) is 0 Å². The summed E-state index contributed by atoms with van der Waals surface area (Å²) in [6.07, 6.45) is 0.933. The lowest BCUT2D eigenvalue weighted by atomic mass is 9.89. The Kier molecular flexibility index (Phi) is 6.52. The van der Waals surface area contributed by atoms with Crippen LogP contribution in [0.2, 0.25) is 0 Å². The molecular weight excluding hydrogens is 358 g/mol. The number of methoxy groups -OCH3 is 3. The van der Waals surface area contributed by atoms with Crippen LogP contribution in [-0.4, -0.2) is 41.1 Å². The summed E-state index contributed by atoms with van der Waals surface area (Å²) in [5, 5.41) is 3.60. The van der Waals surface area contributed by atoms with Crippen LogP contribution in [0.4, 0.5) is 0 Å². The SMILES string of the molecule is CCOc1cc2c(cc1OCC)[C@H](c1cc(OC)c(OC)c(OC)c1)NCC2. The first kappa shape index (κ1) is 20.1. The third-order valence-electron chi connectivity index (χ3n) is 4.88. The van der Waals surface area contributed by atoms with Crippen LogP contribution in [0.25, 0.3) is 0 Å². The minimum absolute atomic E-state index is 0.00709. The Morgan fingerprint density at radius 1 is 0.821 bits per heavy atom. The zero-order chi connectivity index (χ0) is 20.1. The number of nitrogens with one attached hydrogen (secondary N) is 1. The molecule has 0 spiro atoms. The molecular formula is C22H29NO5. The second-order valence-corrected chi connectivity index (χ2v) is 6.46. The fourth-order valence-electron chi connectivity index (χ4n) is 3.67. The summed E-state index contributed by atoms with van der Waals surface area (Å²) in [6, 6.07) is 8.17. The molecule has 6 heteroatoms. The largest absolute Gasteiger partial charge is 0.493 e. The van der Waals surface area contributed by atoms with Gasteiger partial charge in [-0.25, -0.2) is 0 Å². The minimum atomic E-state index is -0.00709. The molecule has 28 heavy (non-hydrogen) atoms. The standard InChI is InChI=1S/C22H29NO5/c1-6-27-17-10-14-8-9-23-21(16(14)13-18(17)28-7-2)15-11-19(24-3)22(26-5)20(12-15)25-4/h10-13,21,23H,6-9H2,1-5H3/t21-/m0/s1. The monoisotopic (exact) mass is 387 g/mol. The molecule has 1 aliphatic heterocycles. The molecule has 0 saturated heterocycles. The Hall–Kier alpha value is -2.60. The van der Waals surface area contributed by atoms with Crippen molar-refractivity contribution >= 4 is 0 Å². The lowest BCUT2D eigenvalue weighted by molar-refractivity contribution is 0.286. The average molecular weight is 387 g/mol. The zero-order valence-corrected chi connectivity index (χ0v) is 17.3. The Balaban J connectivity index is 2.10. The normalized spacial score (nSPS) is 15.5. The molecule has 1 N–H and O–H groups in total. The van der Waals surface area contributed by atoms with Gasteiger partial charge in [-0.05, 0) is 61.2 Å². The molecule has 152 valence electrons. The number of rotatable bonds is 8. The van der Waals surface area contributed by atoms with Crippen molar-refractivity contribution in [2.75, 3.05) is 41.1 Å². The predicted octanol–water partition coefficient (Wildman–Crippen LogP) is 3.74. The van der Waals surface area contributed by atoms with Crippen molar-refractivity contribution in [2.24, 2.45) is 0 Å². The third kappa shape index (κ3) is 3.83. The van der Waals surface area contributed by atoms with Gasteiger partial charge in [0.2, 0.25) is 5.75 Å². The topological polar surface area (TPSA) is 58.2 Å². The van der Waals surface area contributed by atoms with Gasteiger partial charge in [0.25, 0.3) is 0 Å². The minimum Gasteiger partial charge on any atom is -0.493 e. The highest BCUT2D eigenvalue weighted by Crippen LogP contribution is 2.43. The van der Waals surface area contributed by atoms with E-state index in [1.807, 2.05) is 26.0 Å². The maximum atomic E-state index is 5.84. The number of ether oxygens (including phenoxy) is 5. The molecule has 0 aliphatic carbocycles. The number of hydrogen-bond donors (Lipinski definition) is 1. The average Bonchev–Trinajstić information content (AvgIpc) is 2.73. The van der Waals surface area contributed by atoms with Crippen molar-refractivity contribution in [3.05, 3.63) is 41.0 Å². The summed E-state index contributed by atoms with van der Waals surface area (Å²) in [5.41, 5.74) is 3.47. The first-order valence-electron chi connectivity index (χ1n) is 9.62. The molecule has 0 radical (unpaired) electrons. The van der Waals surface area contributed by atoms with E-state index in [4.69, 9.17) is 23.7 Å². The van der Waals surface area contributed by atoms with E-state index in [1.54, 1.807) is 21.3 Å². The summed E-state index contributed by atoms with van der Waals surface area (Å²) in [7, 11) is 4.87. The van der Waals surface area contributed by atoms with Crippen LogP contribution in [-0.2, 0) is 6.42 Å². The molecule has 1 atom stereocenters. The first-order chi connectivity index (χ1) is 13.7. The number of benzene rings is 2. The highest BCUT2D eigenvalue weighted by molar-refractivity contribution is 5.57. The van der Waals surface area contributed by atoms with E-state index in [9.17, 15) is 0 Å². The maximum Gasteiger partial charge on any atom is 0.203 e. The third-order valence-corrected chi connectivity index (χ3v) is 4.88. The van der Waals surface area contributed by atoms with Crippen molar-refractivity contribution in [1.82, 2.24) is 5.32 Å². The van der Waals surface area contributed by atoms with E-state index in [-0.39, 0.29) is 6.04 Å². The van der Waals surface area contributed by atoms with Gasteiger partial charge in [-0.3, -0.25) is 0 Å². The molecule has 1 heterocycles. The van der Waals surface area contributed by atoms with Gasteiger partial charge in [0, 0.05) is 6.54 Å². The number of hydrogen-bond acceptors (Lipinski definition) is 6. The predicted molar refractivity (Wildman–Crippen MR) is 108 cm³/mol. The summed E-state index contributed by atoms with van der Waals surface area (Å²) in [4.78, 5) is 0. The van der Waals surface area contributed by atoms with Crippen molar-refractivity contribution in [1.29, 1.82) is 0 Å². The van der Waals surface area contributed by atoms with Crippen LogP contribution >= 0.6 is 0 Å². The fraction of sp³-hybridized carbons (Fsp3) is 0.455.